The maximum atomic E-state index is 11.1. The molecule has 2 rings (SSSR count). The van der Waals surface area contributed by atoms with E-state index in [0.29, 0.717) is 0 Å². The first-order chi connectivity index (χ1) is 8.26. The van der Waals surface area contributed by atoms with E-state index in [1.54, 1.807) is 0 Å². The van der Waals surface area contributed by atoms with E-state index in [1.165, 1.54) is 11.6 Å². The molecule has 0 fully saturated rings. The first-order valence-electron chi connectivity index (χ1n) is 5.62. The molecule has 0 unspecified atom stereocenters. The van der Waals surface area contributed by atoms with Crippen LogP contribution in [0.3, 0.4) is 0 Å². The molecule has 0 amide bonds. The topological polar surface area (TPSA) is 32.9 Å². The Hall–Kier alpha value is -1.54. The Kier molecular flexibility index (Phi) is 3.64. The van der Waals surface area contributed by atoms with Crippen molar-refractivity contribution in [2.75, 3.05) is 5.88 Å². The minimum atomic E-state index is -0.0762. The first kappa shape index (κ1) is 11.9. The standard InChI is InChI=1S/C14H14ClNO/c1-2-10-4-3-5-13-11(9-16-14(10)13)6-7-12(17)8-15/h3-7,9,16H,2,8H2,1H3. The third-order valence-electron chi connectivity index (χ3n) is 2.80. The second-order valence-corrected chi connectivity index (χ2v) is 4.14. The number of alkyl halides is 1. The van der Waals surface area contributed by atoms with Gasteiger partial charge in [0.2, 0.25) is 0 Å². The molecule has 3 heteroatoms. The third-order valence-corrected chi connectivity index (χ3v) is 3.06. The lowest BCUT2D eigenvalue weighted by Gasteiger charge is -1.98. The van der Waals surface area contributed by atoms with Gasteiger partial charge in [0.15, 0.2) is 5.78 Å². The van der Waals surface area contributed by atoms with Crippen LogP contribution >= 0.6 is 11.6 Å². The van der Waals surface area contributed by atoms with Crippen LogP contribution in [-0.4, -0.2) is 16.6 Å². The van der Waals surface area contributed by atoms with Gasteiger partial charge in [0.05, 0.1) is 5.88 Å². The quantitative estimate of drug-likeness (QED) is 0.651. The predicted octanol–water partition coefficient (Wildman–Crippen LogP) is 3.55. The van der Waals surface area contributed by atoms with Gasteiger partial charge >= 0.3 is 0 Å². The highest BCUT2D eigenvalue weighted by Gasteiger charge is 2.04. The normalized spacial score (nSPS) is 11.4. The number of hydrogen-bond acceptors (Lipinski definition) is 1. The Balaban J connectivity index is 2.43. The molecule has 2 nitrogen and oxygen atoms in total. The Bertz CT molecular complexity index is 569. The van der Waals surface area contributed by atoms with Gasteiger partial charge in [-0.05, 0) is 29.7 Å². The summed E-state index contributed by atoms with van der Waals surface area (Å²) in [7, 11) is 0. The van der Waals surface area contributed by atoms with Crippen LogP contribution < -0.4 is 0 Å². The number of rotatable bonds is 4. The van der Waals surface area contributed by atoms with Crippen molar-refractivity contribution >= 4 is 34.4 Å². The van der Waals surface area contributed by atoms with Crippen LogP contribution in [0.4, 0.5) is 0 Å². The molecular formula is C14H14ClNO. The van der Waals surface area contributed by atoms with E-state index in [2.05, 4.69) is 24.0 Å². The minimum Gasteiger partial charge on any atom is -0.360 e. The fourth-order valence-electron chi connectivity index (χ4n) is 1.90. The molecule has 0 bridgehead atoms. The predicted molar refractivity (Wildman–Crippen MR) is 72.4 cm³/mol. The van der Waals surface area contributed by atoms with Gasteiger partial charge < -0.3 is 4.98 Å². The van der Waals surface area contributed by atoms with Gasteiger partial charge in [-0.25, -0.2) is 0 Å². The Labute approximate surface area is 105 Å². The van der Waals surface area contributed by atoms with E-state index >= 15 is 0 Å². The number of aromatic nitrogens is 1. The number of para-hydroxylation sites is 1. The molecule has 88 valence electrons. The summed E-state index contributed by atoms with van der Waals surface area (Å²) in [4.78, 5) is 14.4. The zero-order valence-electron chi connectivity index (χ0n) is 9.66. The summed E-state index contributed by atoms with van der Waals surface area (Å²) in [5, 5.41) is 1.14. The lowest BCUT2D eigenvalue weighted by atomic mass is 10.1. The number of H-pyrrole nitrogens is 1. The highest BCUT2D eigenvalue weighted by atomic mass is 35.5. The maximum Gasteiger partial charge on any atom is 0.170 e. The number of aromatic amines is 1. The molecule has 2 aromatic rings. The van der Waals surface area contributed by atoms with Crippen LogP contribution in [0.25, 0.3) is 17.0 Å². The van der Waals surface area contributed by atoms with Gasteiger partial charge in [0.25, 0.3) is 0 Å². The van der Waals surface area contributed by atoms with Crippen molar-refractivity contribution in [1.82, 2.24) is 4.98 Å². The third kappa shape index (κ3) is 2.42. The zero-order chi connectivity index (χ0) is 12.3. The Morgan fingerprint density at radius 3 is 3.00 bits per heavy atom. The molecule has 1 aromatic carbocycles. The average molecular weight is 248 g/mol. The molecule has 17 heavy (non-hydrogen) atoms. The number of ketones is 1. The number of benzene rings is 1. The number of fused-ring (bicyclic) bond motifs is 1. The first-order valence-corrected chi connectivity index (χ1v) is 6.15. The maximum absolute atomic E-state index is 11.1. The van der Waals surface area contributed by atoms with Crippen molar-refractivity contribution in [2.45, 2.75) is 13.3 Å². The highest BCUT2D eigenvalue weighted by molar-refractivity contribution is 6.29. The van der Waals surface area contributed by atoms with Crippen LogP contribution in [0.5, 0.6) is 0 Å². The summed E-state index contributed by atoms with van der Waals surface area (Å²) in [5.74, 6) is -0.0494. The van der Waals surface area contributed by atoms with E-state index in [-0.39, 0.29) is 11.7 Å². The van der Waals surface area contributed by atoms with Gasteiger partial charge in [0, 0.05) is 17.1 Å². The largest absolute Gasteiger partial charge is 0.360 e. The number of hydrogen-bond donors (Lipinski definition) is 1. The Morgan fingerprint density at radius 1 is 1.47 bits per heavy atom. The summed E-state index contributed by atoms with van der Waals surface area (Å²) < 4.78 is 0. The fourth-order valence-corrected chi connectivity index (χ4v) is 1.99. The van der Waals surface area contributed by atoms with E-state index in [4.69, 9.17) is 11.6 Å². The van der Waals surface area contributed by atoms with Crippen molar-refractivity contribution in [2.24, 2.45) is 0 Å². The van der Waals surface area contributed by atoms with Gasteiger partial charge in [-0.2, -0.15) is 0 Å². The molecule has 0 saturated heterocycles. The van der Waals surface area contributed by atoms with E-state index in [9.17, 15) is 4.79 Å². The summed E-state index contributed by atoms with van der Waals surface area (Å²) >= 11 is 5.45. The summed E-state index contributed by atoms with van der Waals surface area (Å²) in [5.41, 5.74) is 3.45. The fraction of sp³-hybridized carbons (Fsp3) is 0.214. The van der Waals surface area contributed by atoms with E-state index in [0.717, 1.165) is 22.9 Å². The summed E-state index contributed by atoms with van der Waals surface area (Å²) in [6.07, 6.45) is 6.24. The molecule has 1 heterocycles. The molecule has 0 spiro atoms. The highest BCUT2D eigenvalue weighted by Crippen LogP contribution is 2.23. The van der Waals surface area contributed by atoms with E-state index in [1.807, 2.05) is 18.3 Å². The number of aryl methyl sites for hydroxylation is 1. The average Bonchev–Trinajstić information content (AvgIpc) is 2.78. The lowest BCUT2D eigenvalue weighted by Crippen LogP contribution is -1.91. The second-order valence-electron chi connectivity index (χ2n) is 3.87. The van der Waals surface area contributed by atoms with Crippen LogP contribution in [0.15, 0.2) is 30.5 Å². The number of carbonyl (C=O) groups excluding carboxylic acids is 1. The van der Waals surface area contributed by atoms with Crippen LogP contribution in [0, 0.1) is 0 Å². The smallest absolute Gasteiger partial charge is 0.170 e. The van der Waals surface area contributed by atoms with Gasteiger partial charge in [0.1, 0.15) is 0 Å². The second kappa shape index (κ2) is 5.19. The van der Waals surface area contributed by atoms with Crippen LogP contribution in [-0.2, 0) is 11.2 Å². The molecule has 0 radical (unpaired) electrons. The molecule has 0 aliphatic heterocycles. The molecule has 0 atom stereocenters. The SMILES string of the molecule is CCc1cccc2c(C=CC(=O)CCl)c[nH]c12. The van der Waals surface area contributed by atoms with Crippen LogP contribution in [0.2, 0.25) is 0 Å². The molecule has 1 aromatic heterocycles. The van der Waals surface area contributed by atoms with Gasteiger partial charge in [-0.1, -0.05) is 25.1 Å². The number of nitrogens with one attached hydrogen (secondary N) is 1. The zero-order valence-corrected chi connectivity index (χ0v) is 10.4. The van der Waals surface area contributed by atoms with Crippen molar-refractivity contribution in [1.29, 1.82) is 0 Å². The van der Waals surface area contributed by atoms with E-state index < -0.39 is 0 Å². The number of allylic oxidation sites excluding steroid dienone is 1. The lowest BCUT2D eigenvalue weighted by molar-refractivity contribution is -0.112. The minimum absolute atomic E-state index is 0.0269. The molecular weight excluding hydrogens is 234 g/mol. The Morgan fingerprint density at radius 2 is 2.29 bits per heavy atom. The van der Waals surface area contributed by atoms with Crippen molar-refractivity contribution in [3.8, 4) is 0 Å². The van der Waals surface area contributed by atoms with Gasteiger partial charge in [-0.15, -0.1) is 11.6 Å². The summed E-state index contributed by atoms with van der Waals surface area (Å²) in [6.45, 7) is 2.13. The van der Waals surface area contributed by atoms with Crippen molar-refractivity contribution in [3.63, 3.8) is 0 Å². The molecule has 0 aliphatic rings. The van der Waals surface area contributed by atoms with Gasteiger partial charge in [-0.3, -0.25) is 4.79 Å². The molecule has 0 aliphatic carbocycles. The monoisotopic (exact) mass is 247 g/mol. The van der Waals surface area contributed by atoms with Crippen molar-refractivity contribution in [3.05, 3.63) is 41.6 Å². The summed E-state index contributed by atoms with van der Waals surface area (Å²) in [6, 6.07) is 6.20. The number of carbonyl (C=O) groups is 1. The molecule has 1 N–H and O–H groups in total. The van der Waals surface area contributed by atoms with Crippen LogP contribution in [0.1, 0.15) is 18.1 Å². The molecule has 0 saturated carbocycles. The number of halogens is 1. The van der Waals surface area contributed by atoms with Crippen molar-refractivity contribution < 1.29 is 4.79 Å².